The van der Waals surface area contributed by atoms with Gasteiger partial charge in [-0.3, -0.25) is 0 Å². The van der Waals surface area contributed by atoms with Gasteiger partial charge in [0.05, 0.1) is 5.69 Å². The number of amides is 2. The van der Waals surface area contributed by atoms with E-state index in [1.165, 1.54) is 6.07 Å². The van der Waals surface area contributed by atoms with Crippen molar-refractivity contribution in [3.63, 3.8) is 0 Å². The molecule has 2 N–H and O–H groups in total. The van der Waals surface area contributed by atoms with Crippen molar-refractivity contribution in [2.45, 2.75) is 25.8 Å². The molecule has 0 aliphatic heterocycles. The summed E-state index contributed by atoms with van der Waals surface area (Å²) in [7, 11) is 0. The maximum Gasteiger partial charge on any atom is 0.319 e. The van der Waals surface area contributed by atoms with Crippen LogP contribution in [0.3, 0.4) is 0 Å². The van der Waals surface area contributed by atoms with E-state index in [1.807, 2.05) is 0 Å². The molecule has 15 heavy (non-hydrogen) atoms. The molecule has 2 amide bonds. The van der Waals surface area contributed by atoms with Crippen molar-refractivity contribution in [1.29, 1.82) is 0 Å². The Hall–Kier alpha value is -1.58. The number of carbonyl (C=O) groups excluding carboxylic acids is 1. The van der Waals surface area contributed by atoms with E-state index >= 15 is 0 Å². The maximum absolute atomic E-state index is 13.3. The van der Waals surface area contributed by atoms with Crippen molar-refractivity contribution in [3.05, 3.63) is 29.6 Å². The molecule has 1 fully saturated rings. The highest BCUT2D eigenvalue weighted by Gasteiger charge is 2.23. The van der Waals surface area contributed by atoms with Gasteiger partial charge in [-0.2, -0.15) is 0 Å². The first-order chi connectivity index (χ1) is 7.16. The summed E-state index contributed by atoms with van der Waals surface area (Å²) in [6, 6.07) is 4.66. The van der Waals surface area contributed by atoms with Crippen molar-refractivity contribution in [2.75, 3.05) is 5.32 Å². The number of carbonyl (C=O) groups is 1. The van der Waals surface area contributed by atoms with Crippen LogP contribution in [0, 0.1) is 12.7 Å². The second-order valence-electron chi connectivity index (χ2n) is 3.80. The average Bonchev–Trinajstić information content (AvgIpc) is 2.95. The lowest BCUT2D eigenvalue weighted by molar-refractivity contribution is 0.251. The number of rotatable bonds is 2. The van der Waals surface area contributed by atoms with Crippen molar-refractivity contribution < 1.29 is 9.18 Å². The van der Waals surface area contributed by atoms with Crippen LogP contribution in [0.15, 0.2) is 18.2 Å². The minimum Gasteiger partial charge on any atom is -0.335 e. The van der Waals surface area contributed by atoms with E-state index < -0.39 is 5.82 Å². The van der Waals surface area contributed by atoms with Gasteiger partial charge in [0.1, 0.15) is 5.82 Å². The molecule has 0 spiro atoms. The number of halogens is 1. The van der Waals surface area contributed by atoms with Gasteiger partial charge in [-0.25, -0.2) is 9.18 Å². The van der Waals surface area contributed by atoms with E-state index in [4.69, 9.17) is 0 Å². The lowest BCUT2D eigenvalue weighted by Crippen LogP contribution is -2.31. The summed E-state index contributed by atoms with van der Waals surface area (Å²) < 4.78 is 13.3. The lowest BCUT2D eigenvalue weighted by Gasteiger charge is -2.09. The number of hydrogen-bond acceptors (Lipinski definition) is 1. The van der Waals surface area contributed by atoms with Gasteiger partial charge < -0.3 is 10.6 Å². The van der Waals surface area contributed by atoms with Crippen molar-refractivity contribution >= 4 is 11.7 Å². The summed E-state index contributed by atoms with van der Waals surface area (Å²) in [5.41, 5.74) is 0.983. The van der Waals surface area contributed by atoms with Gasteiger partial charge in [-0.1, -0.05) is 12.1 Å². The normalized spacial score (nSPS) is 14.8. The van der Waals surface area contributed by atoms with Gasteiger partial charge in [0.25, 0.3) is 0 Å². The SMILES string of the molecule is Cc1cccc(F)c1NC(=O)NC1CC1. The molecule has 1 aliphatic rings. The smallest absolute Gasteiger partial charge is 0.319 e. The third kappa shape index (κ3) is 2.46. The molecule has 0 bridgehead atoms. The van der Waals surface area contributed by atoms with Crippen molar-refractivity contribution in [1.82, 2.24) is 5.32 Å². The Balaban J connectivity index is 2.05. The van der Waals surface area contributed by atoms with Crippen molar-refractivity contribution in [3.8, 4) is 0 Å². The summed E-state index contributed by atoms with van der Waals surface area (Å²) in [4.78, 5) is 11.4. The fourth-order valence-electron chi connectivity index (χ4n) is 1.35. The Morgan fingerprint density at radius 3 is 2.80 bits per heavy atom. The molecule has 1 aliphatic carbocycles. The molecule has 0 radical (unpaired) electrons. The molecule has 0 aromatic heterocycles. The number of aryl methyl sites for hydroxylation is 1. The second kappa shape index (κ2) is 3.88. The minimum absolute atomic E-state index is 0.260. The van der Waals surface area contributed by atoms with Crippen LogP contribution in [0.4, 0.5) is 14.9 Å². The van der Waals surface area contributed by atoms with E-state index in [9.17, 15) is 9.18 Å². The molecule has 3 nitrogen and oxygen atoms in total. The van der Waals surface area contributed by atoms with Crippen LogP contribution in [0.5, 0.6) is 0 Å². The van der Waals surface area contributed by atoms with E-state index in [0.29, 0.717) is 0 Å². The largest absolute Gasteiger partial charge is 0.335 e. The van der Waals surface area contributed by atoms with Crippen LogP contribution in [0.1, 0.15) is 18.4 Å². The van der Waals surface area contributed by atoms with Crippen LogP contribution in [0.25, 0.3) is 0 Å². The molecular formula is C11H13FN2O. The topological polar surface area (TPSA) is 41.1 Å². The first-order valence-electron chi connectivity index (χ1n) is 4.99. The highest BCUT2D eigenvalue weighted by molar-refractivity contribution is 5.90. The summed E-state index contributed by atoms with van der Waals surface area (Å²) in [6.45, 7) is 1.76. The molecule has 80 valence electrons. The van der Waals surface area contributed by atoms with E-state index in [1.54, 1.807) is 19.1 Å². The molecule has 4 heteroatoms. The Labute approximate surface area is 87.7 Å². The zero-order valence-electron chi connectivity index (χ0n) is 8.51. The van der Waals surface area contributed by atoms with Gasteiger partial charge in [0.15, 0.2) is 0 Å². The zero-order chi connectivity index (χ0) is 10.8. The van der Waals surface area contributed by atoms with Crippen LogP contribution in [-0.4, -0.2) is 12.1 Å². The molecule has 2 rings (SSSR count). The molecule has 1 aromatic rings. The number of nitrogens with one attached hydrogen (secondary N) is 2. The Morgan fingerprint density at radius 2 is 2.20 bits per heavy atom. The summed E-state index contributed by atoms with van der Waals surface area (Å²) >= 11 is 0. The monoisotopic (exact) mass is 208 g/mol. The van der Waals surface area contributed by atoms with Crippen LogP contribution >= 0.6 is 0 Å². The molecule has 1 saturated carbocycles. The molecule has 0 saturated heterocycles. The first kappa shape index (κ1) is 9.96. The van der Waals surface area contributed by atoms with Crippen LogP contribution in [0.2, 0.25) is 0 Å². The molecule has 0 unspecified atom stereocenters. The van der Waals surface area contributed by atoms with Gasteiger partial charge in [0, 0.05) is 6.04 Å². The average molecular weight is 208 g/mol. The van der Waals surface area contributed by atoms with E-state index in [0.717, 1.165) is 18.4 Å². The maximum atomic E-state index is 13.3. The summed E-state index contributed by atoms with van der Waals surface area (Å²) in [6.07, 6.45) is 2.04. The van der Waals surface area contributed by atoms with Gasteiger partial charge in [-0.15, -0.1) is 0 Å². The van der Waals surface area contributed by atoms with Gasteiger partial charge in [0.2, 0.25) is 0 Å². The van der Waals surface area contributed by atoms with E-state index in [-0.39, 0.29) is 17.8 Å². The number of hydrogen-bond donors (Lipinski definition) is 2. The van der Waals surface area contributed by atoms with E-state index in [2.05, 4.69) is 10.6 Å². The zero-order valence-corrected chi connectivity index (χ0v) is 8.51. The Kier molecular flexibility index (Phi) is 2.58. The minimum atomic E-state index is -0.402. The Morgan fingerprint density at radius 1 is 1.47 bits per heavy atom. The fourth-order valence-corrected chi connectivity index (χ4v) is 1.35. The quantitative estimate of drug-likeness (QED) is 0.770. The standard InChI is InChI=1S/C11H13FN2O/c1-7-3-2-4-9(12)10(7)14-11(15)13-8-5-6-8/h2-4,8H,5-6H2,1H3,(H2,13,14,15). The molecule has 0 atom stereocenters. The lowest BCUT2D eigenvalue weighted by atomic mass is 10.2. The summed E-state index contributed by atoms with van der Waals surface area (Å²) in [5.74, 6) is -0.402. The van der Waals surface area contributed by atoms with Crippen LogP contribution in [-0.2, 0) is 0 Å². The third-order valence-electron chi connectivity index (χ3n) is 2.37. The number of urea groups is 1. The molecule has 1 aromatic carbocycles. The van der Waals surface area contributed by atoms with Crippen LogP contribution < -0.4 is 10.6 Å². The highest BCUT2D eigenvalue weighted by Crippen LogP contribution is 2.21. The van der Waals surface area contributed by atoms with Gasteiger partial charge in [-0.05, 0) is 31.4 Å². The Bertz CT molecular complexity index is 368. The predicted molar refractivity (Wildman–Crippen MR) is 56.3 cm³/mol. The fraction of sp³-hybridized carbons (Fsp3) is 0.364. The third-order valence-corrected chi connectivity index (χ3v) is 2.37. The summed E-state index contributed by atoms with van der Waals surface area (Å²) in [5, 5.41) is 5.26. The predicted octanol–water partition coefficient (Wildman–Crippen LogP) is 2.42. The highest BCUT2D eigenvalue weighted by atomic mass is 19.1. The number of benzene rings is 1. The number of anilines is 1. The van der Waals surface area contributed by atoms with Crippen molar-refractivity contribution in [2.24, 2.45) is 0 Å². The first-order valence-corrected chi connectivity index (χ1v) is 4.99. The number of para-hydroxylation sites is 1. The second-order valence-corrected chi connectivity index (χ2v) is 3.80. The van der Waals surface area contributed by atoms with Gasteiger partial charge >= 0.3 is 6.03 Å². The molecule has 0 heterocycles. The molecular weight excluding hydrogens is 195 g/mol.